The molecule has 0 amide bonds. The second kappa shape index (κ2) is 5.68. The summed E-state index contributed by atoms with van der Waals surface area (Å²) in [5.74, 6) is 0.855. The smallest absolute Gasteiger partial charge is 0.266 e. The van der Waals surface area contributed by atoms with Crippen LogP contribution in [0.25, 0.3) is 22.4 Å². The summed E-state index contributed by atoms with van der Waals surface area (Å²) >= 11 is 6.07. The summed E-state index contributed by atoms with van der Waals surface area (Å²) < 4.78 is 5.39. The van der Waals surface area contributed by atoms with Crippen LogP contribution in [0.15, 0.2) is 33.6 Å². The predicted molar refractivity (Wildman–Crippen MR) is 88.0 cm³/mol. The molecule has 1 aliphatic heterocycles. The number of halogens is 1. The summed E-state index contributed by atoms with van der Waals surface area (Å²) in [6.07, 6.45) is 0. The molecule has 2 N–H and O–H groups in total. The Hall–Kier alpha value is -2.38. The van der Waals surface area contributed by atoms with Crippen LogP contribution in [-0.4, -0.2) is 41.3 Å². The van der Waals surface area contributed by atoms with Crippen LogP contribution in [-0.2, 0) is 0 Å². The molecule has 7 nitrogen and oxygen atoms in total. The molecule has 1 fully saturated rings. The predicted octanol–water partition coefficient (Wildman–Crippen LogP) is 1.64. The molecule has 1 aromatic carbocycles. The van der Waals surface area contributed by atoms with Crippen LogP contribution >= 0.6 is 11.6 Å². The van der Waals surface area contributed by atoms with Crippen LogP contribution in [0.5, 0.6) is 0 Å². The van der Waals surface area contributed by atoms with E-state index in [0.717, 1.165) is 31.6 Å². The van der Waals surface area contributed by atoms with Crippen molar-refractivity contribution in [3.05, 3.63) is 39.6 Å². The van der Waals surface area contributed by atoms with Gasteiger partial charge in [-0.25, -0.2) is 0 Å². The number of hydrogen-bond acceptors (Lipinski definition) is 6. The van der Waals surface area contributed by atoms with E-state index in [4.69, 9.17) is 16.1 Å². The second-order valence-electron chi connectivity index (χ2n) is 5.37. The standard InChI is InChI=1S/C15H14ClN5O2/c16-9-1-2-12-10(7-9)11(8-13(22)18-12)14-19-15(20-23-14)21-5-3-17-4-6-21/h1-2,7-8,17H,3-6H2,(H,18,22). The van der Waals surface area contributed by atoms with Gasteiger partial charge in [0.05, 0.1) is 5.56 Å². The average Bonchev–Trinajstić information content (AvgIpc) is 3.05. The van der Waals surface area contributed by atoms with Crippen molar-refractivity contribution in [1.29, 1.82) is 0 Å². The van der Waals surface area contributed by atoms with E-state index in [1.165, 1.54) is 6.07 Å². The van der Waals surface area contributed by atoms with Gasteiger partial charge in [0.25, 0.3) is 11.8 Å². The number of hydrogen-bond donors (Lipinski definition) is 2. The molecule has 0 aliphatic carbocycles. The number of rotatable bonds is 2. The van der Waals surface area contributed by atoms with Crippen molar-refractivity contribution < 1.29 is 4.52 Å². The van der Waals surface area contributed by atoms with E-state index in [9.17, 15) is 4.79 Å². The first-order valence-corrected chi connectivity index (χ1v) is 7.71. The maximum absolute atomic E-state index is 11.9. The molecule has 1 saturated heterocycles. The monoisotopic (exact) mass is 331 g/mol. The fourth-order valence-electron chi connectivity index (χ4n) is 2.72. The van der Waals surface area contributed by atoms with Gasteiger partial charge >= 0.3 is 0 Å². The van der Waals surface area contributed by atoms with Crippen LogP contribution in [0, 0.1) is 0 Å². The Labute approximate surface area is 136 Å². The third-order valence-corrected chi connectivity index (χ3v) is 4.09. The molecule has 0 spiro atoms. The Balaban J connectivity index is 1.81. The van der Waals surface area contributed by atoms with Gasteiger partial charge < -0.3 is 19.7 Å². The Morgan fingerprint density at radius 1 is 1.22 bits per heavy atom. The molecule has 118 valence electrons. The highest BCUT2D eigenvalue weighted by atomic mass is 35.5. The highest BCUT2D eigenvalue weighted by Gasteiger charge is 2.19. The minimum Gasteiger partial charge on any atom is -0.336 e. The lowest BCUT2D eigenvalue weighted by Gasteiger charge is -2.25. The van der Waals surface area contributed by atoms with E-state index in [-0.39, 0.29) is 5.56 Å². The average molecular weight is 332 g/mol. The summed E-state index contributed by atoms with van der Waals surface area (Å²) in [5.41, 5.74) is 1.04. The van der Waals surface area contributed by atoms with Crippen LogP contribution < -0.4 is 15.8 Å². The van der Waals surface area contributed by atoms with Crippen molar-refractivity contribution in [1.82, 2.24) is 20.4 Å². The summed E-state index contributed by atoms with van der Waals surface area (Å²) in [6.45, 7) is 3.41. The lowest BCUT2D eigenvalue weighted by Crippen LogP contribution is -2.44. The van der Waals surface area contributed by atoms with Crippen LogP contribution in [0.3, 0.4) is 0 Å². The molecule has 0 atom stereocenters. The number of piperazine rings is 1. The molecular weight excluding hydrogens is 318 g/mol. The zero-order valence-corrected chi connectivity index (χ0v) is 12.9. The molecule has 3 heterocycles. The molecular formula is C15H14ClN5O2. The molecule has 1 aliphatic rings. The summed E-state index contributed by atoms with van der Waals surface area (Å²) in [4.78, 5) is 21.1. The SMILES string of the molecule is O=c1cc(-c2nc(N3CCNCC3)no2)c2cc(Cl)ccc2[nH]1. The molecule has 0 bridgehead atoms. The van der Waals surface area contributed by atoms with Crippen molar-refractivity contribution >= 4 is 28.5 Å². The van der Waals surface area contributed by atoms with Crippen LogP contribution in [0.2, 0.25) is 5.02 Å². The molecule has 3 aromatic rings. The number of anilines is 1. The van der Waals surface area contributed by atoms with E-state index in [0.29, 0.717) is 27.9 Å². The summed E-state index contributed by atoms with van der Waals surface area (Å²) in [6, 6.07) is 6.71. The number of pyridine rings is 1. The minimum atomic E-state index is -0.225. The van der Waals surface area contributed by atoms with E-state index in [1.54, 1.807) is 18.2 Å². The number of fused-ring (bicyclic) bond motifs is 1. The van der Waals surface area contributed by atoms with Gasteiger partial charge in [-0.15, -0.1) is 0 Å². The van der Waals surface area contributed by atoms with E-state index in [1.807, 2.05) is 4.90 Å². The lowest BCUT2D eigenvalue weighted by atomic mass is 10.1. The number of aromatic amines is 1. The molecule has 8 heteroatoms. The first kappa shape index (κ1) is 14.2. The first-order chi connectivity index (χ1) is 11.2. The Morgan fingerprint density at radius 3 is 2.87 bits per heavy atom. The maximum atomic E-state index is 11.9. The van der Waals surface area contributed by atoms with Gasteiger partial charge in [-0.2, -0.15) is 4.98 Å². The van der Waals surface area contributed by atoms with Gasteiger partial charge in [0.1, 0.15) is 0 Å². The zero-order chi connectivity index (χ0) is 15.8. The van der Waals surface area contributed by atoms with E-state index >= 15 is 0 Å². The largest absolute Gasteiger partial charge is 0.336 e. The molecule has 0 radical (unpaired) electrons. The molecule has 0 saturated carbocycles. The summed E-state index contributed by atoms with van der Waals surface area (Å²) in [5, 5.41) is 8.66. The Kier molecular flexibility index (Phi) is 3.51. The highest BCUT2D eigenvalue weighted by Crippen LogP contribution is 2.28. The van der Waals surface area contributed by atoms with Gasteiger partial charge in [0, 0.05) is 48.2 Å². The third kappa shape index (κ3) is 2.69. The topological polar surface area (TPSA) is 87.1 Å². The fraction of sp³-hybridized carbons (Fsp3) is 0.267. The van der Waals surface area contributed by atoms with Crippen molar-refractivity contribution in [2.24, 2.45) is 0 Å². The van der Waals surface area contributed by atoms with E-state index < -0.39 is 0 Å². The van der Waals surface area contributed by atoms with Gasteiger partial charge in [-0.1, -0.05) is 11.6 Å². The number of nitrogens with one attached hydrogen (secondary N) is 2. The van der Waals surface area contributed by atoms with Crippen LogP contribution in [0.1, 0.15) is 0 Å². The molecule has 23 heavy (non-hydrogen) atoms. The number of nitrogens with zero attached hydrogens (tertiary/aromatic N) is 3. The Morgan fingerprint density at radius 2 is 2.04 bits per heavy atom. The van der Waals surface area contributed by atoms with Crippen molar-refractivity contribution in [2.45, 2.75) is 0 Å². The van der Waals surface area contributed by atoms with E-state index in [2.05, 4.69) is 20.4 Å². The van der Waals surface area contributed by atoms with Crippen LogP contribution in [0.4, 0.5) is 5.95 Å². The van der Waals surface area contributed by atoms with Gasteiger partial charge in [0.2, 0.25) is 5.56 Å². The van der Waals surface area contributed by atoms with Gasteiger partial charge in [0.15, 0.2) is 0 Å². The molecule has 0 unspecified atom stereocenters. The molecule has 4 rings (SSSR count). The minimum absolute atomic E-state index is 0.225. The lowest BCUT2D eigenvalue weighted by molar-refractivity contribution is 0.427. The quantitative estimate of drug-likeness (QED) is 0.742. The number of benzene rings is 1. The first-order valence-electron chi connectivity index (χ1n) is 7.33. The van der Waals surface area contributed by atoms with Crippen molar-refractivity contribution in [2.75, 3.05) is 31.1 Å². The van der Waals surface area contributed by atoms with Crippen molar-refractivity contribution in [3.63, 3.8) is 0 Å². The zero-order valence-electron chi connectivity index (χ0n) is 12.2. The highest BCUT2D eigenvalue weighted by molar-refractivity contribution is 6.31. The Bertz CT molecular complexity index is 914. The normalized spacial score (nSPS) is 15.3. The third-order valence-electron chi connectivity index (χ3n) is 3.85. The fourth-order valence-corrected chi connectivity index (χ4v) is 2.89. The number of H-pyrrole nitrogens is 1. The second-order valence-corrected chi connectivity index (χ2v) is 5.81. The maximum Gasteiger partial charge on any atom is 0.266 e. The molecule has 2 aromatic heterocycles. The van der Waals surface area contributed by atoms with Crippen molar-refractivity contribution in [3.8, 4) is 11.5 Å². The summed E-state index contributed by atoms with van der Waals surface area (Å²) in [7, 11) is 0. The van der Waals surface area contributed by atoms with Gasteiger partial charge in [-0.3, -0.25) is 4.79 Å². The number of aromatic nitrogens is 3. The van der Waals surface area contributed by atoms with Gasteiger partial charge in [-0.05, 0) is 23.4 Å².